The van der Waals surface area contributed by atoms with Gasteiger partial charge in [0.05, 0.1) is 9.79 Å². The van der Waals surface area contributed by atoms with E-state index >= 15 is 0 Å². The fourth-order valence-electron chi connectivity index (χ4n) is 7.69. The Balaban J connectivity index is 0.000000387. The van der Waals surface area contributed by atoms with Crippen molar-refractivity contribution < 1.29 is 25.9 Å². The number of fused-ring (bicyclic) bond motifs is 2. The number of rotatable bonds is 28. The van der Waals surface area contributed by atoms with Crippen LogP contribution in [-0.4, -0.2) is 63.7 Å². The number of hydrogen-bond donors (Lipinski definition) is 0. The maximum Gasteiger partial charge on any atom is 2.00 e. The Morgan fingerprint density at radius 3 is 0.947 bits per heavy atom. The molecule has 0 aliphatic rings. The molecule has 4 aromatic rings. The maximum absolute atomic E-state index is 11.4. The first-order chi connectivity index (χ1) is 27.0. The molecule has 0 heterocycles. The largest absolute Gasteiger partial charge is 2.00 e. The molecule has 0 aromatic heterocycles. The van der Waals surface area contributed by atoms with E-state index in [0.717, 1.165) is 36.5 Å². The molecule has 312 valence electrons. The van der Waals surface area contributed by atoms with Crippen LogP contribution >= 0.6 is 0 Å². The molecule has 57 heavy (non-hydrogen) atoms. The molecular formula is C48H70CaO6S2. The predicted octanol–water partition coefficient (Wildman–Crippen LogP) is 13.6. The van der Waals surface area contributed by atoms with E-state index in [-0.39, 0.29) is 47.5 Å². The van der Waals surface area contributed by atoms with Crippen LogP contribution in [0, 0.1) is 0 Å². The van der Waals surface area contributed by atoms with E-state index in [0.29, 0.717) is 10.8 Å². The molecule has 9 heteroatoms. The third-order valence-corrected chi connectivity index (χ3v) is 12.8. The quantitative estimate of drug-likeness (QED) is 0.0319. The zero-order valence-corrected chi connectivity index (χ0v) is 39.1. The van der Waals surface area contributed by atoms with Crippen LogP contribution in [0.4, 0.5) is 0 Å². The first-order valence-electron chi connectivity index (χ1n) is 22.0. The molecule has 0 atom stereocenters. The van der Waals surface area contributed by atoms with Gasteiger partial charge in [-0.2, -0.15) is 0 Å². The van der Waals surface area contributed by atoms with Crippen molar-refractivity contribution in [3.05, 3.63) is 83.9 Å². The summed E-state index contributed by atoms with van der Waals surface area (Å²) in [5.74, 6) is 0. The van der Waals surface area contributed by atoms with Crippen molar-refractivity contribution in [2.24, 2.45) is 0 Å². The van der Waals surface area contributed by atoms with Gasteiger partial charge in [0.25, 0.3) is 0 Å². The molecule has 4 rings (SSSR count). The van der Waals surface area contributed by atoms with Gasteiger partial charge >= 0.3 is 37.7 Å². The molecule has 0 aliphatic carbocycles. The maximum atomic E-state index is 11.4. The van der Waals surface area contributed by atoms with E-state index < -0.39 is 20.2 Å². The molecule has 6 nitrogen and oxygen atoms in total. The van der Waals surface area contributed by atoms with Gasteiger partial charge in [-0.3, -0.25) is 0 Å². The average Bonchev–Trinajstić information content (AvgIpc) is 3.17. The van der Waals surface area contributed by atoms with Crippen LogP contribution in [-0.2, 0) is 33.1 Å². The van der Waals surface area contributed by atoms with E-state index in [1.54, 1.807) is 24.3 Å². The van der Waals surface area contributed by atoms with Gasteiger partial charge in [-0.15, -0.1) is 0 Å². The second kappa shape index (κ2) is 29.7. The van der Waals surface area contributed by atoms with Gasteiger partial charge in [0.2, 0.25) is 0 Å². The van der Waals surface area contributed by atoms with Crippen molar-refractivity contribution >= 4 is 79.5 Å². The Kier molecular flexibility index (Phi) is 26.9. The van der Waals surface area contributed by atoms with Crippen LogP contribution in [0.2, 0.25) is 0 Å². The van der Waals surface area contributed by atoms with Gasteiger partial charge in [0, 0.05) is 0 Å². The molecule has 0 N–H and O–H groups in total. The Morgan fingerprint density at radius 1 is 0.386 bits per heavy atom. The minimum absolute atomic E-state index is 0. The van der Waals surface area contributed by atoms with Crippen LogP contribution in [0.25, 0.3) is 21.5 Å². The Labute approximate surface area is 376 Å². The van der Waals surface area contributed by atoms with Crippen LogP contribution in [0.5, 0.6) is 0 Å². The molecule has 0 aliphatic heterocycles. The molecule has 0 amide bonds. The summed E-state index contributed by atoms with van der Waals surface area (Å²) in [5, 5.41) is 2.70. The van der Waals surface area contributed by atoms with E-state index in [1.165, 1.54) is 165 Å². The number of aryl methyl sites for hydroxylation is 2. The van der Waals surface area contributed by atoms with Crippen LogP contribution in [0.1, 0.15) is 179 Å². The summed E-state index contributed by atoms with van der Waals surface area (Å²) in [6.45, 7) is 4.52. The summed E-state index contributed by atoms with van der Waals surface area (Å²) < 4.78 is 68.2. The summed E-state index contributed by atoms with van der Waals surface area (Å²) in [5.41, 5.74) is 2.42. The second-order valence-corrected chi connectivity index (χ2v) is 18.5. The third-order valence-electron chi connectivity index (χ3n) is 11.0. The number of benzene rings is 4. The summed E-state index contributed by atoms with van der Waals surface area (Å²) >= 11 is 0. The van der Waals surface area contributed by atoms with Crippen LogP contribution in [0.15, 0.2) is 82.6 Å². The third kappa shape index (κ3) is 21.0. The van der Waals surface area contributed by atoms with E-state index in [2.05, 4.69) is 13.8 Å². The summed E-state index contributed by atoms with van der Waals surface area (Å²) in [7, 11) is -8.87. The minimum atomic E-state index is -4.43. The fraction of sp³-hybridized carbons (Fsp3) is 0.583. The fourth-order valence-corrected chi connectivity index (χ4v) is 9.10. The SMILES string of the molecule is CCCCCCCCCCCCCCc1ccc2c(S(=O)(=O)[O-])cccc2c1.CCCCCCCCCCCCCCc1ccc2c(S(=O)(=O)[O-])cccc2c1.[Ca+2]. The van der Waals surface area contributed by atoms with Gasteiger partial charge in [0.15, 0.2) is 0 Å². The monoisotopic (exact) mass is 846 g/mol. The molecular weight excluding hydrogens is 777 g/mol. The van der Waals surface area contributed by atoms with E-state index in [9.17, 15) is 25.9 Å². The molecule has 0 fully saturated rings. The van der Waals surface area contributed by atoms with Crippen molar-refractivity contribution in [2.45, 2.75) is 191 Å². The van der Waals surface area contributed by atoms with E-state index in [4.69, 9.17) is 0 Å². The zero-order valence-electron chi connectivity index (χ0n) is 35.3. The van der Waals surface area contributed by atoms with E-state index in [1.807, 2.05) is 36.4 Å². The van der Waals surface area contributed by atoms with Crippen molar-refractivity contribution in [3.8, 4) is 0 Å². The molecule has 4 aromatic carbocycles. The average molecular weight is 847 g/mol. The molecule has 0 spiro atoms. The number of hydrogen-bond acceptors (Lipinski definition) is 6. The van der Waals surface area contributed by atoms with Crippen molar-refractivity contribution in [3.63, 3.8) is 0 Å². The Morgan fingerprint density at radius 2 is 0.667 bits per heavy atom. The second-order valence-electron chi connectivity index (χ2n) is 15.8. The first-order valence-corrected chi connectivity index (χ1v) is 24.8. The van der Waals surface area contributed by atoms with Crippen molar-refractivity contribution in [2.75, 3.05) is 0 Å². The van der Waals surface area contributed by atoms with Gasteiger partial charge in [-0.05, 0) is 70.5 Å². The molecule has 0 saturated carbocycles. The molecule has 0 radical (unpaired) electrons. The van der Waals surface area contributed by atoms with Gasteiger partial charge in [0.1, 0.15) is 20.2 Å². The van der Waals surface area contributed by atoms with Gasteiger partial charge in [-0.1, -0.05) is 216 Å². The predicted molar refractivity (Wildman–Crippen MR) is 239 cm³/mol. The smallest absolute Gasteiger partial charge is 0.744 e. The summed E-state index contributed by atoms with van der Waals surface area (Å²) in [6, 6.07) is 21.3. The Hall–Kier alpha value is -1.52. The molecule has 0 unspecified atom stereocenters. The summed E-state index contributed by atoms with van der Waals surface area (Å²) in [4.78, 5) is -0.246. The molecule has 0 bridgehead atoms. The van der Waals surface area contributed by atoms with Crippen LogP contribution in [0.3, 0.4) is 0 Å². The van der Waals surface area contributed by atoms with Crippen LogP contribution < -0.4 is 0 Å². The topological polar surface area (TPSA) is 114 Å². The standard InChI is InChI=1S/2C24H36O3S.Ca/c2*1-2-3-4-5-6-7-8-9-10-11-12-13-15-21-18-19-23-22(20-21)16-14-17-24(23)28(25,26)27;/h2*14,16-20H,2-13,15H2,1H3,(H,25,26,27);/q;;+2/p-2. The number of unbranched alkanes of at least 4 members (excludes halogenated alkanes) is 22. The van der Waals surface area contributed by atoms with Crippen molar-refractivity contribution in [1.82, 2.24) is 0 Å². The summed E-state index contributed by atoms with van der Waals surface area (Å²) in [6.07, 6.45) is 34.1. The molecule has 0 saturated heterocycles. The Bertz CT molecular complexity index is 1770. The normalized spacial score (nSPS) is 11.7. The van der Waals surface area contributed by atoms with Gasteiger partial charge < -0.3 is 9.11 Å². The van der Waals surface area contributed by atoms with Gasteiger partial charge in [-0.25, -0.2) is 16.8 Å². The zero-order chi connectivity index (χ0) is 40.5. The minimum Gasteiger partial charge on any atom is -0.744 e. The first kappa shape index (κ1) is 51.6. The van der Waals surface area contributed by atoms with Crippen molar-refractivity contribution in [1.29, 1.82) is 0 Å².